The van der Waals surface area contributed by atoms with E-state index in [0.29, 0.717) is 19.8 Å². The molecule has 1 aliphatic heterocycles. The summed E-state index contributed by atoms with van der Waals surface area (Å²) in [6.07, 6.45) is 4.57. The van der Waals surface area contributed by atoms with E-state index < -0.39 is 11.8 Å². The Labute approximate surface area is 142 Å². The molecule has 2 rings (SSSR count). The lowest BCUT2D eigenvalue weighted by Gasteiger charge is -2.35. The number of esters is 1. The van der Waals surface area contributed by atoms with Gasteiger partial charge < -0.3 is 19.0 Å². The number of hydrogen-bond donors (Lipinski definition) is 0. The maximum absolute atomic E-state index is 11.6. The summed E-state index contributed by atoms with van der Waals surface area (Å²) in [7, 11) is 1.33. The summed E-state index contributed by atoms with van der Waals surface area (Å²) < 4.78 is 15.7. The SMILES string of the molecule is COC(=O)C1(C)OCC(CCCCO/N=C/c2ccccc2)CO1. The van der Waals surface area contributed by atoms with E-state index >= 15 is 0 Å². The number of rotatable bonds is 8. The van der Waals surface area contributed by atoms with Gasteiger partial charge in [0.1, 0.15) is 6.61 Å². The predicted molar refractivity (Wildman–Crippen MR) is 89.7 cm³/mol. The molecule has 0 radical (unpaired) electrons. The van der Waals surface area contributed by atoms with Crippen molar-refractivity contribution in [3.63, 3.8) is 0 Å². The van der Waals surface area contributed by atoms with Crippen LogP contribution < -0.4 is 0 Å². The van der Waals surface area contributed by atoms with Crippen LogP contribution in [0.25, 0.3) is 0 Å². The van der Waals surface area contributed by atoms with E-state index in [-0.39, 0.29) is 5.92 Å². The largest absolute Gasteiger partial charge is 0.465 e. The van der Waals surface area contributed by atoms with E-state index in [9.17, 15) is 4.79 Å². The number of ether oxygens (including phenoxy) is 3. The van der Waals surface area contributed by atoms with Gasteiger partial charge in [0, 0.05) is 12.8 Å². The number of unbranched alkanes of at least 4 members (excludes halogenated alkanes) is 1. The third kappa shape index (κ3) is 5.62. The van der Waals surface area contributed by atoms with Crippen LogP contribution in [0.1, 0.15) is 31.7 Å². The molecule has 1 aromatic carbocycles. The molecular weight excluding hydrogens is 310 g/mol. The maximum Gasteiger partial charge on any atom is 0.366 e. The fraction of sp³-hybridized carbons (Fsp3) is 0.556. The second kappa shape index (κ2) is 9.39. The van der Waals surface area contributed by atoms with Crippen molar-refractivity contribution in [2.24, 2.45) is 11.1 Å². The van der Waals surface area contributed by atoms with Crippen LogP contribution in [0.3, 0.4) is 0 Å². The Balaban J connectivity index is 1.54. The molecule has 0 unspecified atom stereocenters. The van der Waals surface area contributed by atoms with E-state index in [0.717, 1.165) is 24.8 Å². The Bertz CT molecular complexity index is 523. The number of benzene rings is 1. The second-order valence-electron chi connectivity index (χ2n) is 5.90. The first-order chi connectivity index (χ1) is 11.6. The van der Waals surface area contributed by atoms with Gasteiger partial charge in [0.25, 0.3) is 5.79 Å². The van der Waals surface area contributed by atoms with Gasteiger partial charge in [-0.25, -0.2) is 4.79 Å². The molecule has 0 bridgehead atoms. The molecule has 0 saturated carbocycles. The number of nitrogens with zero attached hydrogens (tertiary/aromatic N) is 1. The lowest BCUT2D eigenvalue weighted by atomic mass is 10.0. The fourth-order valence-corrected chi connectivity index (χ4v) is 2.40. The zero-order valence-electron chi connectivity index (χ0n) is 14.3. The Morgan fingerprint density at radius 1 is 1.29 bits per heavy atom. The zero-order valence-corrected chi connectivity index (χ0v) is 14.3. The first-order valence-corrected chi connectivity index (χ1v) is 8.21. The standard InChI is InChI=1S/C18H25NO5/c1-18(17(20)21-2)22-13-16(14-23-18)10-6-7-11-24-19-12-15-8-4-3-5-9-15/h3-5,8-9,12,16H,6-7,10-11,13-14H2,1-2H3/b19-12+. The molecule has 132 valence electrons. The molecule has 1 aliphatic rings. The van der Waals surface area contributed by atoms with Gasteiger partial charge in [0.05, 0.1) is 26.5 Å². The average Bonchev–Trinajstić information content (AvgIpc) is 2.62. The average molecular weight is 335 g/mol. The van der Waals surface area contributed by atoms with Crippen molar-refractivity contribution >= 4 is 12.2 Å². The summed E-state index contributed by atoms with van der Waals surface area (Å²) in [6.45, 7) is 3.17. The first kappa shape index (κ1) is 18.4. The lowest BCUT2D eigenvalue weighted by molar-refractivity contribution is -0.272. The van der Waals surface area contributed by atoms with Crippen molar-refractivity contribution in [2.45, 2.75) is 32.0 Å². The van der Waals surface area contributed by atoms with Gasteiger partial charge in [0.15, 0.2) is 0 Å². The van der Waals surface area contributed by atoms with Crippen molar-refractivity contribution in [3.8, 4) is 0 Å². The maximum atomic E-state index is 11.6. The Kier molecular flexibility index (Phi) is 7.21. The summed E-state index contributed by atoms with van der Waals surface area (Å²) >= 11 is 0. The normalized spacial score (nSPS) is 24.0. The van der Waals surface area contributed by atoms with E-state index in [1.54, 1.807) is 13.1 Å². The Morgan fingerprint density at radius 2 is 2.00 bits per heavy atom. The second-order valence-corrected chi connectivity index (χ2v) is 5.90. The summed E-state index contributed by atoms with van der Waals surface area (Å²) in [4.78, 5) is 16.8. The third-order valence-electron chi connectivity index (χ3n) is 3.92. The highest BCUT2D eigenvalue weighted by atomic mass is 16.7. The minimum Gasteiger partial charge on any atom is -0.465 e. The van der Waals surface area contributed by atoms with Crippen molar-refractivity contribution in [1.82, 2.24) is 0 Å². The number of methoxy groups -OCH3 is 1. The van der Waals surface area contributed by atoms with Crippen LogP contribution in [0.2, 0.25) is 0 Å². The molecule has 1 aromatic rings. The minimum atomic E-state index is -1.26. The van der Waals surface area contributed by atoms with Gasteiger partial charge in [-0.1, -0.05) is 35.5 Å². The van der Waals surface area contributed by atoms with Crippen LogP contribution in [0.5, 0.6) is 0 Å². The number of carbonyl (C=O) groups excluding carboxylic acids is 1. The predicted octanol–water partition coefficient (Wildman–Crippen LogP) is 2.76. The Hall–Kier alpha value is -1.92. The summed E-state index contributed by atoms with van der Waals surface area (Å²) in [5, 5.41) is 3.95. The Morgan fingerprint density at radius 3 is 2.67 bits per heavy atom. The van der Waals surface area contributed by atoms with Gasteiger partial charge in [-0.15, -0.1) is 0 Å². The molecule has 0 spiro atoms. The van der Waals surface area contributed by atoms with Crippen LogP contribution in [0, 0.1) is 5.92 Å². The molecule has 0 amide bonds. The van der Waals surface area contributed by atoms with Gasteiger partial charge in [-0.05, 0) is 24.8 Å². The molecule has 0 atom stereocenters. The van der Waals surface area contributed by atoms with Gasteiger partial charge in [-0.2, -0.15) is 0 Å². The molecule has 1 fully saturated rings. The lowest BCUT2D eigenvalue weighted by Crippen LogP contribution is -2.48. The monoisotopic (exact) mass is 335 g/mol. The van der Waals surface area contributed by atoms with E-state index in [2.05, 4.69) is 9.89 Å². The van der Waals surface area contributed by atoms with Crippen molar-refractivity contribution in [3.05, 3.63) is 35.9 Å². The molecule has 0 N–H and O–H groups in total. The van der Waals surface area contributed by atoms with Gasteiger partial charge in [0.2, 0.25) is 0 Å². The van der Waals surface area contributed by atoms with Crippen molar-refractivity contribution < 1.29 is 23.8 Å². The van der Waals surface area contributed by atoms with Crippen molar-refractivity contribution in [2.75, 3.05) is 26.9 Å². The number of hydrogen-bond acceptors (Lipinski definition) is 6. The third-order valence-corrected chi connectivity index (χ3v) is 3.92. The molecule has 1 heterocycles. The van der Waals surface area contributed by atoms with Crippen molar-refractivity contribution in [1.29, 1.82) is 0 Å². The van der Waals surface area contributed by atoms with E-state index in [1.807, 2.05) is 30.3 Å². The number of carbonyl (C=O) groups is 1. The quantitative estimate of drug-likeness (QED) is 0.316. The van der Waals surface area contributed by atoms with Gasteiger partial charge >= 0.3 is 5.97 Å². The summed E-state index contributed by atoms with van der Waals surface area (Å²) in [5.74, 6) is -1.47. The zero-order chi connectivity index (χ0) is 17.3. The topological polar surface area (TPSA) is 66.4 Å². The van der Waals surface area contributed by atoms with E-state index in [1.165, 1.54) is 7.11 Å². The highest BCUT2D eigenvalue weighted by Crippen LogP contribution is 2.25. The molecular formula is C18H25NO5. The van der Waals surface area contributed by atoms with E-state index in [4.69, 9.17) is 14.3 Å². The van der Waals surface area contributed by atoms with Crippen LogP contribution in [-0.2, 0) is 23.8 Å². The minimum absolute atomic E-state index is 0.288. The summed E-state index contributed by atoms with van der Waals surface area (Å²) in [5.41, 5.74) is 1.02. The first-order valence-electron chi connectivity index (χ1n) is 8.21. The van der Waals surface area contributed by atoms with Crippen LogP contribution >= 0.6 is 0 Å². The fourth-order valence-electron chi connectivity index (χ4n) is 2.40. The van der Waals surface area contributed by atoms with Crippen LogP contribution in [-0.4, -0.2) is 44.9 Å². The molecule has 24 heavy (non-hydrogen) atoms. The molecule has 0 aliphatic carbocycles. The highest BCUT2D eigenvalue weighted by Gasteiger charge is 2.41. The molecule has 6 nitrogen and oxygen atoms in total. The van der Waals surface area contributed by atoms with Crippen LogP contribution in [0.15, 0.2) is 35.5 Å². The molecule has 1 saturated heterocycles. The van der Waals surface area contributed by atoms with Crippen LogP contribution in [0.4, 0.5) is 0 Å². The smallest absolute Gasteiger partial charge is 0.366 e. The molecule has 6 heteroatoms. The summed E-state index contributed by atoms with van der Waals surface area (Å²) in [6, 6.07) is 9.82. The molecule has 0 aromatic heterocycles. The highest BCUT2D eigenvalue weighted by molar-refractivity contribution is 5.78. The van der Waals surface area contributed by atoms with Gasteiger partial charge in [-0.3, -0.25) is 0 Å². The number of oxime groups is 1.